The lowest BCUT2D eigenvalue weighted by Gasteiger charge is -2.38. The molecule has 1 aromatic heterocycles. The minimum Gasteiger partial charge on any atom is -0.349 e. The van der Waals surface area contributed by atoms with E-state index in [1.807, 2.05) is 0 Å². The summed E-state index contributed by atoms with van der Waals surface area (Å²) in [5, 5.41) is 3.34. The van der Waals surface area contributed by atoms with E-state index in [2.05, 4.69) is 42.1 Å². The maximum absolute atomic E-state index is 12.8. The Morgan fingerprint density at radius 1 is 1.27 bits per heavy atom. The van der Waals surface area contributed by atoms with Gasteiger partial charge in [0.05, 0.1) is 0 Å². The van der Waals surface area contributed by atoms with Crippen LogP contribution in [0, 0.1) is 18.8 Å². The molecule has 0 bridgehead atoms. The van der Waals surface area contributed by atoms with Crippen molar-refractivity contribution in [2.24, 2.45) is 11.8 Å². The molecule has 0 spiro atoms. The van der Waals surface area contributed by atoms with E-state index in [4.69, 9.17) is 0 Å². The second-order valence-corrected chi connectivity index (χ2v) is 7.45. The van der Waals surface area contributed by atoms with Crippen molar-refractivity contribution < 1.29 is 8.78 Å². The molecule has 3 rings (SSSR count). The highest BCUT2D eigenvalue weighted by molar-refractivity contribution is 5.06. The van der Waals surface area contributed by atoms with Crippen LogP contribution in [-0.2, 0) is 0 Å². The van der Waals surface area contributed by atoms with Crippen molar-refractivity contribution in [1.29, 1.82) is 0 Å². The number of nitrogens with zero attached hydrogens (tertiary/aromatic N) is 1. The predicted molar refractivity (Wildman–Crippen MR) is 85.3 cm³/mol. The maximum Gasteiger partial charge on any atom is 0.251 e. The molecule has 1 N–H and O–H groups in total. The Morgan fingerprint density at radius 2 is 1.95 bits per heavy atom. The van der Waals surface area contributed by atoms with E-state index in [1.54, 1.807) is 0 Å². The highest BCUT2D eigenvalue weighted by Gasteiger charge is 2.45. The minimum absolute atomic E-state index is 0.0340. The van der Waals surface area contributed by atoms with Crippen molar-refractivity contribution in [2.45, 2.75) is 70.4 Å². The van der Waals surface area contributed by atoms with Gasteiger partial charge in [-0.2, -0.15) is 0 Å². The van der Waals surface area contributed by atoms with Crippen molar-refractivity contribution in [3.05, 3.63) is 24.0 Å². The summed E-state index contributed by atoms with van der Waals surface area (Å²) < 4.78 is 28.0. The lowest BCUT2D eigenvalue weighted by Crippen LogP contribution is -2.49. The van der Waals surface area contributed by atoms with E-state index in [1.165, 1.54) is 31.4 Å². The maximum atomic E-state index is 12.8. The average Bonchev–Trinajstić information content (AvgIpc) is 2.89. The molecule has 2 aliphatic rings. The molecule has 1 heterocycles. The van der Waals surface area contributed by atoms with Gasteiger partial charge in [0, 0.05) is 36.8 Å². The van der Waals surface area contributed by atoms with E-state index < -0.39 is 5.92 Å². The Bertz CT molecular complexity index is 481. The van der Waals surface area contributed by atoms with Crippen LogP contribution in [0.2, 0.25) is 0 Å². The van der Waals surface area contributed by atoms with Gasteiger partial charge in [0.25, 0.3) is 5.92 Å². The fraction of sp³-hybridized carbons (Fsp3) is 0.778. The van der Waals surface area contributed by atoms with Gasteiger partial charge in [-0.05, 0) is 70.0 Å². The quantitative estimate of drug-likeness (QED) is 0.844. The lowest BCUT2D eigenvalue weighted by atomic mass is 9.78. The first kappa shape index (κ1) is 16.0. The lowest BCUT2D eigenvalue weighted by molar-refractivity contribution is -0.0934. The third-order valence-electron chi connectivity index (χ3n) is 5.79. The molecule has 1 unspecified atom stereocenters. The molecular weight excluding hydrogens is 282 g/mol. The fourth-order valence-corrected chi connectivity index (χ4v) is 4.18. The summed E-state index contributed by atoms with van der Waals surface area (Å²) in [4.78, 5) is 0. The third-order valence-corrected chi connectivity index (χ3v) is 5.79. The molecule has 2 aliphatic carbocycles. The number of aromatic nitrogens is 1. The number of rotatable bonds is 5. The first-order valence-corrected chi connectivity index (χ1v) is 8.69. The van der Waals surface area contributed by atoms with Crippen molar-refractivity contribution in [1.82, 2.24) is 9.88 Å². The van der Waals surface area contributed by atoms with E-state index in [0.717, 1.165) is 12.5 Å². The van der Waals surface area contributed by atoms with Gasteiger partial charge in [-0.3, -0.25) is 0 Å². The van der Waals surface area contributed by atoms with Crippen molar-refractivity contribution in [3.63, 3.8) is 0 Å². The summed E-state index contributed by atoms with van der Waals surface area (Å²) in [6, 6.07) is 4.90. The van der Waals surface area contributed by atoms with Crippen LogP contribution >= 0.6 is 0 Å². The predicted octanol–water partition coefficient (Wildman–Crippen LogP) is 4.55. The van der Waals surface area contributed by atoms with Crippen LogP contribution in [0.3, 0.4) is 0 Å². The zero-order valence-electron chi connectivity index (χ0n) is 13.7. The van der Waals surface area contributed by atoms with Crippen LogP contribution in [0.1, 0.15) is 57.2 Å². The molecule has 0 radical (unpaired) electrons. The summed E-state index contributed by atoms with van der Waals surface area (Å²) in [7, 11) is 0. The van der Waals surface area contributed by atoms with Crippen LogP contribution in [0.4, 0.5) is 8.78 Å². The molecule has 124 valence electrons. The SMILES string of the molecule is Cc1cccn1C(C)C1CCC(CNC2CC(F)(F)C2)CC1. The standard InChI is InChI=1S/C18H28F2N2/c1-13-4-3-9-22(13)14(2)16-7-5-15(6-8-16)12-21-17-10-18(19,20)11-17/h3-4,9,14-17,21H,5-8,10-12H2,1-2H3. The topological polar surface area (TPSA) is 17.0 Å². The van der Waals surface area contributed by atoms with Gasteiger partial charge in [0.1, 0.15) is 0 Å². The second kappa shape index (κ2) is 6.31. The van der Waals surface area contributed by atoms with Gasteiger partial charge < -0.3 is 9.88 Å². The molecule has 0 aromatic carbocycles. The zero-order valence-corrected chi connectivity index (χ0v) is 13.7. The van der Waals surface area contributed by atoms with Crippen LogP contribution < -0.4 is 5.32 Å². The summed E-state index contributed by atoms with van der Waals surface area (Å²) in [6.45, 7) is 5.41. The number of aryl methyl sites for hydroxylation is 1. The molecule has 2 saturated carbocycles. The van der Waals surface area contributed by atoms with Gasteiger partial charge in [0.2, 0.25) is 0 Å². The number of nitrogens with one attached hydrogen (secondary N) is 1. The molecule has 22 heavy (non-hydrogen) atoms. The highest BCUT2D eigenvalue weighted by atomic mass is 19.3. The number of hydrogen-bond donors (Lipinski definition) is 1. The minimum atomic E-state index is -2.40. The molecule has 2 nitrogen and oxygen atoms in total. The van der Waals surface area contributed by atoms with E-state index >= 15 is 0 Å². The largest absolute Gasteiger partial charge is 0.349 e. The molecule has 1 atom stereocenters. The van der Waals surface area contributed by atoms with Gasteiger partial charge in [-0.15, -0.1) is 0 Å². The van der Waals surface area contributed by atoms with Gasteiger partial charge in [-0.25, -0.2) is 8.78 Å². The Hall–Kier alpha value is -0.900. The average molecular weight is 310 g/mol. The molecule has 0 saturated heterocycles. The second-order valence-electron chi connectivity index (χ2n) is 7.45. The highest BCUT2D eigenvalue weighted by Crippen LogP contribution is 2.39. The summed E-state index contributed by atoms with van der Waals surface area (Å²) in [6.07, 6.45) is 7.22. The zero-order chi connectivity index (χ0) is 15.7. The third kappa shape index (κ3) is 3.53. The summed E-state index contributed by atoms with van der Waals surface area (Å²) >= 11 is 0. The van der Waals surface area contributed by atoms with Gasteiger partial charge >= 0.3 is 0 Å². The van der Waals surface area contributed by atoms with Crippen LogP contribution in [0.25, 0.3) is 0 Å². The molecule has 4 heteroatoms. The van der Waals surface area contributed by atoms with Crippen LogP contribution in [0.15, 0.2) is 18.3 Å². The van der Waals surface area contributed by atoms with Gasteiger partial charge in [0.15, 0.2) is 0 Å². The summed E-state index contributed by atoms with van der Waals surface area (Å²) in [5.74, 6) is -0.988. The Kier molecular flexibility index (Phi) is 4.58. The Morgan fingerprint density at radius 3 is 2.50 bits per heavy atom. The van der Waals surface area contributed by atoms with Crippen molar-refractivity contribution in [2.75, 3.05) is 6.54 Å². The smallest absolute Gasteiger partial charge is 0.251 e. The van der Waals surface area contributed by atoms with Crippen LogP contribution in [0.5, 0.6) is 0 Å². The molecule has 0 aliphatic heterocycles. The molecule has 1 aromatic rings. The van der Waals surface area contributed by atoms with Crippen LogP contribution in [-0.4, -0.2) is 23.1 Å². The van der Waals surface area contributed by atoms with Gasteiger partial charge in [-0.1, -0.05) is 0 Å². The number of hydrogen-bond acceptors (Lipinski definition) is 1. The number of alkyl halides is 2. The monoisotopic (exact) mass is 310 g/mol. The van der Waals surface area contributed by atoms with E-state index in [9.17, 15) is 8.78 Å². The Balaban J connectivity index is 1.40. The van der Waals surface area contributed by atoms with Crippen molar-refractivity contribution >= 4 is 0 Å². The molecule has 2 fully saturated rings. The van der Waals surface area contributed by atoms with Crippen molar-refractivity contribution in [3.8, 4) is 0 Å². The first-order chi connectivity index (χ1) is 10.4. The Labute approximate surface area is 132 Å². The van der Waals surface area contributed by atoms with E-state index in [0.29, 0.717) is 12.0 Å². The molecular formula is C18H28F2N2. The summed E-state index contributed by atoms with van der Waals surface area (Å²) in [5.41, 5.74) is 1.34. The van der Waals surface area contributed by atoms with E-state index in [-0.39, 0.29) is 18.9 Å². The fourth-order valence-electron chi connectivity index (χ4n) is 4.18. The first-order valence-electron chi connectivity index (χ1n) is 8.69. The molecule has 0 amide bonds. The normalized spacial score (nSPS) is 30.0. The number of halogens is 2.